The van der Waals surface area contributed by atoms with Gasteiger partial charge >= 0.3 is 0 Å². The van der Waals surface area contributed by atoms with Crippen LogP contribution in [-0.2, 0) is 13.0 Å². The lowest BCUT2D eigenvalue weighted by molar-refractivity contribution is 0.163. The van der Waals surface area contributed by atoms with Crippen molar-refractivity contribution in [2.24, 2.45) is 10.2 Å². The fourth-order valence-corrected chi connectivity index (χ4v) is 4.32. The molecule has 2 heterocycles. The summed E-state index contributed by atoms with van der Waals surface area (Å²) in [5, 5.41) is 18.7. The van der Waals surface area contributed by atoms with Crippen LogP contribution in [0.3, 0.4) is 0 Å². The first-order valence-electron chi connectivity index (χ1n) is 9.57. The van der Waals surface area contributed by atoms with Gasteiger partial charge in [-0.25, -0.2) is 0 Å². The van der Waals surface area contributed by atoms with Gasteiger partial charge in [0.2, 0.25) is 0 Å². The van der Waals surface area contributed by atoms with Gasteiger partial charge in [0.05, 0.1) is 11.4 Å². The Morgan fingerprint density at radius 3 is 2.57 bits per heavy atom. The Bertz CT molecular complexity index is 1050. The summed E-state index contributed by atoms with van der Waals surface area (Å²) in [7, 11) is 2.12. The van der Waals surface area contributed by atoms with E-state index in [4.69, 9.17) is 0 Å². The molecule has 1 unspecified atom stereocenters. The third kappa shape index (κ3) is 2.94. The van der Waals surface area contributed by atoms with E-state index in [1.165, 1.54) is 22.4 Å². The first-order valence-corrected chi connectivity index (χ1v) is 9.57. The summed E-state index contributed by atoms with van der Waals surface area (Å²) in [6.45, 7) is 1.84. The van der Waals surface area contributed by atoms with E-state index in [-0.39, 0.29) is 6.17 Å². The van der Waals surface area contributed by atoms with Gasteiger partial charge in [-0.1, -0.05) is 24.3 Å². The Morgan fingerprint density at radius 1 is 0.893 bits per heavy atom. The number of azo groups is 1. The topological polar surface area (TPSA) is 51.4 Å². The third-order valence-electron chi connectivity index (χ3n) is 5.64. The zero-order valence-corrected chi connectivity index (χ0v) is 15.8. The molecule has 5 rings (SSSR count). The van der Waals surface area contributed by atoms with E-state index in [9.17, 15) is 5.11 Å². The minimum Gasteiger partial charge on any atom is -0.508 e. The molecular weight excluding hydrogens is 348 g/mol. The average Bonchev–Trinajstić information content (AvgIpc) is 2.72. The average molecular weight is 370 g/mol. The number of nitrogens with zero attached hydrogens (tertiary/aromatic N) is 4. The zero-order chi connectivity index (χ0) is 19.1. The van der Waals surface area contributed by atoms with Crippen LogP contribution in [0, 0.1) is 0 Å². The second-order valence-corrected chi connectivity index (χ2v) is 7.44. The minimum absolute atomic E-state index is 0.174. The van der Waals surface area contributed by atoms with Crippen molar-refractivity contribution in [2.45, 2.75) is 19.1 Å². The molecule has 0 spiro atoms. The van der Waals surface area contributed by atoms with E-state index in [2.05, 4.69) is 45.3 Å². The maximum Gasteiger partial charge on any atom is 0.116 e. The van der Waals surface area contributed by atoms with Crippen molar-refractivity contribution in [3.8, 4) is 5.75 Å². The Morgan fingerprint density at radius 2 is 1.71 bits per heavy atom. The molecular formula is C23H22N4O. The number of hydrogen-bond donors (Lipinski definition) is 1. The molecule has 1 atom stereocenters. The van der Waals surface area contributed by atoms with Gasteiger partial charge in [0.1, 0.15) is 11.9 Å². The monoisotopic (exact) mass is 370 g/mol. The van der Waals surface area contributed by atoms with Gasteiger partial charge in [-0.3, -0.25) is 4.90 Å². The summed E-state index contributed by atoms with van der Waals surface area (Å²) in [6, 6.07) is 21.9. The number of anilines is 1. The predicted molar refractivity (Wildman–Crippen MR) is 110 cm³/mol. The molecule has 0 saturated heterocycles. The van der Waals surface area contributed by atoms with Crippen molar-refractivity contribution >= 4 is 17.1 Å². The van der Waals surface area contributed by atoms with Crippen LogP contribution in [-0.4, -0.2) is 23.6 Å². The molecule has 0 bridgehead atoms. The van der Waals surface area contributed by atoms with Crippen molar-refractivity contribution in [1.82, 2.24) is 4.90 Å². The summed E-state index contributed by atoms with van der Waals surface area (Å²) in [5.74, 6) is 0.326. The van der Waals surface area contributed by atoms with Gasteiger partial charge in [0, 0.05) is 25.8 Å². The summed E-state index contributed by atoms with van der Waals surface area (Å²) in [4.78, 5) is 4.76. The van der Waals surface area contributed by atoms with Crippen LogP contribution in [0.5, 0.6) is 5.75 Å². The molecule has 5 heteroatoms. The Hall–Kier alpha value is -3.18. The van der Waals surface area contributed by atoms with Gasteiger partial charge in [-0.05, 0) is 65.6 Å². The minimum atomic E-state index is 0.174. The van der Waals surface area contributed by atoms with Crippen LogP contribution < -0.4 is 4.90 Å². The van der Waals surface area contributed by atoms with E-state index in [1.54, 1.807) is 6.07 Å². The van der Waals surface area contributed by atoms with Gasteiger partial charge in [-0.2, -0.15) is 10.2 Å². The molecule has 0 aliphatic carbocycles. The fraction of sp³-hybridized carbons (Fsp3) is 0.217. The van der Waals surface area contributed by atoms with Crippen LogP contribution in [0.15, 0.2) is 77.0 Å². The van der Waals surface area contributed by atoms with Crippen LogP contribution >= 0.6 is 0 Å². The van der Waals surface area contributed by atoms with E-state index >= 15 is 0 Å². The summed E-state index contributed by atoms with van der Waals surface area (Å²) >= 11 is 0. The lowest BCUT2D eigenvalue weighted by atomic mass is 9.92. The number of fused-ring (bicyclic) bond motifs is 4. The molecule has 0 fully saturated rings. The maximum absolute atomic E-state index is 9.86. The number of phenolic OH excluding ortho intramolecular Hbond substituents is 1. The second-order valence-electron chi connectivity index (χ2n) is 7.44. The number of aromatic hydroxyl groups is 1. The van der Waals surface area contributed by atoms with Crippen molar-refractivity contribution in [3.63, 3.8) is 0 Å². The van der Waals surface area contributed by atoms with Crippen LogP contribution in [0.1, 0.15) is 22.9 Å². The first kappa shape index (κ1) is 17.0. The van der Waals surface area contributed by atoms with Gasteiger partial charge in [-0.15, -0.1) is 0 Å². The van der Waals surface area contributed by atoms with Crippen LogP contribution in [0.25, 0.3) is 0 Å². The highest BCUT2D eigenvalue weighted by Gasteiger charge is 2.35. The Kier molecular flexibility index (Phi) is 4.10. The van der Waals surface area contributed by atoms with Crippen molar-refractivity contribution < 1.29 is 5.11 Å². The predicted octanol–water partition coefficient (Wildman–Crippen LogP) is 5.31. The zero-order valence-electron chi connectivity index (χ0n) is 15.8. The van der Waals surface area contributed by atoms with Crippen molar-refractivity contribution in [3.05, 3.63) is 83.4 Å². The Labute approximate surface area is 164 Å². The molecule has 3 aromatic rings. The first-order chi connectivity index (χ1) is 13.7. The SMILES string of the molecule is CN1c2ccc(O)cc2CN2CCc3ccc(N=Nc4ccccc4)cc3C21. The number of rotatable bonds is 2. The normalized spacial score (nSPS) is 18.6. The highest BCUT2D eigenvalue weighted by molar-refractivity contribution is 5.60. The molecule has 2 aliphatic rings. The molecule has 0 radical (unpaired) electrons. The summed E-state index contributed by atoms with van der Waals surface area (Å²) in [5.41, 5.74) is 6.72. The third-order valence-corrected chi connectivity index (χ3v) is 5.64. The van der Waals surface area contributed by atoms with Gasteiger partial charge < -0.3 is 10.0 Å². The van der Waals surface area contributed by atoms with Crippen LogP contribution in [0.2, 0.25) is 0 Å². The molecule has 0 saturated carbocycles. The summed E-state index contributed by atoms with van der Waals surface area (Å²) in [6.07, 6.45) is 1.19. The lowest BCUT2D eigenvalue weighted by Gasteiger charge is -2.47. The lowest BCUT2D eigenvalue weighted by Crippen LogP contribution is -2.47. The molecule has 140 valence electrons. The number of hydrogen-bond acceptors (Lipinski definition) is 5. The number of phenols is 1. The van der Waals surface area contributed by atoms with E-state index in [0.717, 1.165) is 30.9 Å². The summed E-state index contributed by atoms with van der Waals surface area (Å²) < 4.78 is 0. The molecule has 0 aromatic heterocycles. The highest BCUT2D eigenvalue weighted by atomic mass is 16.3. The van der Waals surface area contributed by atoms with Crippen molar-refractivity contribution in [1.29, 1.82) is 0 Å². The second kappa shape index (κ2) is 6.77. The molecule has 3 aromatic carbocycles. The Balaban J connectivity index is 1.51. The molecule has 1 N–H and O–H groups in total. The highest BCUT2D eigenvalue weighted by Crippen LogP contribution is 2.43. The van der Waals surface area contributed by atoms with Gasteiger partial charge in [0.25, 0.3) is 0 Å². The van der Waals surface area contributed by atoms with Crippen LogP contribution in [0.4, 0.5) is 17.1 Å². The molecule has 2 aliphatic heterocycles. The van der Waals surface area contributed by atoms with E-state index in [0.29, 0.717) is 5.75 Å². The maximum atomic E-state index is 9.86. The van der Waals surface area contributed by atoms with Gasteiger partial charge in [0.15, 0.2) is 0 Å². The van der Waals surface area contributed by atoms with Crippen molar-refractivity contribution in [2.75, 3.05) is 18.5 Å². The molecule has 28 heavy (non-hydrogen) atoms. The standard InChI is InChI=1S/C23H22N4O/c1-26-22-10-9-20(28)13-17(22)15-27-12-11-16-7-8-19(14-21(16)23(26)27)25-24-18-5-3-2-4-6-18/h2-10,13-14,23,28H,11-12,15H2,1H3. The molecule has 0 amide bonds. The largest absolute Gasteiger partial charge is 0.508 e. The van der Waals surface area contributed by atoms with E-state index in [1.807, 2.05) is 42.5 Å². The fourth-order valence-electron chi connectivity index (χ4n) is 4.32. The molecule has 5 nitrogen and oxygen atoms in total. The quantitative estimate of drug-likeness (QED) is 0.622. The number of benzene rings is 3. The smallest absolute Gasteiger partial charge is 0.116 e. The van der Waals surface area contributed by atoms with E-state index < -0.39 is 0 Å².